The Morgan fingerprint density at radius 3 is 2.75 bits per heavy atom. The largest absolute Gasteiger partial charge is 0.445 e. The van der Waals surface area contributed by atoms with Gasteiger partial charge in [-0.2, -0.15) is 5.10 Å². The molecular formula is C21H18BrN3O3. The molecule has 0 bridgehead atoms. The Morgan fingerprint density at radius 1 is 1.21 bits per heavy atom. The van der Waals surface area contributed by atoms with E-state index in [4.69, 9.17) is 4.74 Å². The maximum atomic E-state index is 13.0. The van der Waals surface area contributed by atoms with Crippen LogP contribution in [0.15, 0.2) is 65.3 Å². The van der Waals surface area contributed by atoms with Gasteiger partial charge in [0, 0.05) is 17.0 Å². The number of fused-ring (bicyclic) bond motifs is 1. The van der Waals surface area contributed by atoms with Crippen LogP contribution in [0.3, 0.4) is 0 Å². The number of ether oxygens (including phenoxy) is 1. The number of hydrogen-bond acceptors (Lipinski definition) is 4. The van der Waals surface area contributed by atoms with E-state index in [-0.39, 0.29) is 5.91 Å². The number of halogens is 1. The van der Waals surface area contributed by atoms with Crippen molar-refractivity contribution >= 4 is 33.6 Å². The standard InChI is InChI=1S/C21H18BrN3O3/c1-21(12-15-4-2-3-5-17(15)19(26)28-21)20(27)24-18-10-11-23-25(18)13-14-6-8-16(22)9-7-14/h2-11H,12-13H2,1H3,(H,24,27). The van der Waals surface area contributed by atoms with Gasteiger partial charge in [0.2, 0.25) is 0 Å². The topological polar surface area (TPSA) is 73.2 Å². The summed E-state index contributed by atoms with van der Waals surface area (Å²) < 4.78 is 8.19. The molecule has 1 unspecified atom stereocenters. The SMILES string of the molecule is CC1(C(=O)Nc2ccnn2Cc2ccc(Br)cc2)Cc2ccccc2C(=O)O1. The van der Waals surface area contributed by atoms with Crippen LogP contribution in [0.25, 0.3) is 0 Å². The molecule has 1 aromatic heterocycles. The highest BCUT2D eigenvalue weighted by Crippen LogP contribution is 2.29. The molecule has 0 saturated carbocycles. The third-order valence-electron chi connectivity index (χ3n) is 4.77. The highest BCUT2D eigenvalue weighted by atomic mass is 79.9. The van der Waals surface area contributed by atoms with Crippen molar-refractivity contribution in [3.63, 3.8) is 0 Å². The molecule has 0 aliphatic carbocycles. The molecular weight excluding hydrogens is 422 g/mol. The molecule has 0 spiro atoms. The van der Waals surface area contributed by atoms with Crippen molar-refractivity contribution in [1.29, 1.82) is 0 Å². The summed E-state index contributed by atoms with van der Waals surface area (Å²) >= 11 is 3.42. The van der Waals surface area contributed by atoms with Crippen molar-refractivity contribution in [3.05, 3.63) is 82.0 Å². The van der Waals surface area contributed by atoms with E-state index in [1.54, 1.807) is 36.0 Å². The molecule has 0 radical (unpaired) electrons. The fourth-order valence-corrected chi connectivity index (χ4v) is 3.50. The number of nitrogens with zero attached hydrogens (tertiary/aromatic N) is 2. The molecule has 3 aromatic rings. The van der Waals surface area contributed by atoms with Crippen LogP contribution in [0.1, 0.15) is 28.4 Å². The number of esters is 1. The second kappa shape index (κ2) is 7.24. The normalized spacial score (nSPS) is 18.3. The number of carbonyl (C=O) groups is 2. The van der Waals surface area contributed by atoms with Crippen molar-refractivity contribution in [3.8, 4) is 0 Å². The molecule has 1 atom stereocenters. The van der Waals surface area contributed by atoms with Gasteiger partial charge in [0.15, 0.2) is 5.60 Å². The van der Waals surface area contributed by atoms with Gasteiger partial charge in [-0.3, -0.25) is 4.79 Å². The minimum atomic E-state index is -1.28. The summed E-state index contributed by atoms with van der Waals surface area (Å²) in [5, 5.41) is 7.15. The molecule has 1 amide bonds. The molecule has 1 N–H and O–H groups in total. The number of anilines is 1. The minimum Gasteiger partial charge on any atom is -0.445 e. The van der Waals surface area contributed by atoms with Gasteiger partial charge < -0.3 is 10.1 Å². The van der Waals surface area contributed by atoms with Crippen LogP contribution in [0.5, 0.6) is 0 Å². The van der Waals surface area contributed by atoms with Crippen molar-refractivity contribution in [2.45, 2.75) is 25.5 Å². The average Bonchev–Trinajstić information content (AvgIpc) is 3.10. The fraction of sp³-hybridized carbons (Fsp3) is 0.190. The zero-order chi connectivity index (χ0) is 19.7. The number of amides is 1. The van der Waals surface area contributed by atoms with E-state index in [2.05, 4.69) is 26.3 Å². The number of rotatable bonds is 4. The molecule has 142 valence electrons. The first-order chi connectivity index (χ1) is 13.4. The maximum absolute atomic E-state index is 13.0. The smallest absolute Gasteiger partial charge is 0.339 e. The van der Waals surface area contributed by atoms with Gasteiger partial charge in [0.1, 0.15) is 5.82 Å². The molecule has 1 aliphatic heterocycles. The van der Waals surface area contributed by atoms with Gasteiger partial charge in [0.25, 0.3) is 5.91 Å². The second-order valence-corrected chi connectivity index (χ2v) is 7.82. The van der Waals surface area contributed by atoms with E-state index in [1.165, 1.54) is 0 Å². The number of carbonyl (C=O) groups excluding carboxylic acids is 2. The third kappa shape index (κ3) is 3.57. The third-order valence-corrected chi connectivity index (χ3v) is 5.30. The zero-order valence-corrected chi connectivity index (χ0v) is 16.8. The Kier molecular flexibility index (Phi) is 4.77. The van der Waals surface area contributed by atoms with Gasteiger partial charge in [-0.05, 0) is 36.2 Å². The Labute approximate surface area is 170 Å². The molecule has 2 aromatic carbocycles. The van der Waals surface area contributed by atoms with E-state index in [9.17, 15) is 9.59 Å². The summed E-state index contributed by atoms with van der Waals surface area (Å²) in [7, 11) is 0. The van der Waals surface area contributed by atoms with Crippen molar-refractivity contribution in [2.24, 2.45) is 0 Å². The minimum absolute atomic E-state index is 0.321. The second-order valence-electron chi connectivity index (χ2n) is 6.91. The van der Waals surface area contributed by atoms with Crippen LogP contribution in [0.2, 0.25) is 0 Å². The molecule has 2 heterocycles. The predicted octanol–water partition coefficient (Wildman–Crippen LogP) is 3.80. The van der Waals surface area contributed by atoms with E-state index in [0.717, 1.165) is 15.6 Å². The molecule has 1 aliphatic rings. The van der Waals surface area contributed by atoms with Gasteiger partial charge >= 0.3 is 5.97 Å². The Balaban J connectivity index is 1.52. The zero-order valence-electron chi connectivity index (χ0n) is 15.2. The lowest BCUT2D eigenvalue weighted by molar-refractivity contribution is -0.134. The van der Waals surface area contributed by atoms with Gasteiger partial charge in [-0.15, -0.1) is 0 Å². The number of hydrogen-bond donors (Lipinski definition) is 1. The number of aromatic nitrogens is 2. The summed E-state index contributed by atoms with van der Waals surface area (Å²) in [6.07, 6.45) is 1.95. The number of nitrogens with one attached hydrogen (secondary N) is 1. The quantitative estimate of drug-likeness (QED) is 0.627. The Morgan fingerprint density at radius 2 is 1.96 bits per heavy atom. The van der Waals surface area contributed by atoms with Gasteiger partial charge in [-0.1, -0.05) is 46.3 Å². The summed E-state index contributed by atoms with van der Waals surface area (Å²) in [6, 6.07) is 16.8. The maximum Gasteiger partial charge on any atom is 0.339 e. The van der Waals surface area contributed by atoms with E-state index in [1.807, 2.05) is 36.4 Å². The van der Waals surface area contributed by atoms with Crippen LogP contribution in [-0.4, -0.2) is 27.3 Å². The van der Waals surface area contributed by atoms with Crippen molar-refractivity contribution in [1.82, 2.24) is 9.78 Å². The van der Waals surface area contributed by atoms with E-state index in [0.29, 0.717) is 24.3 Å². The summed E-state index contributed by atoms with van der Waals surface area (Å²) in [5.41, 5.74) is 1.08. The molecule has 0 fully saturated rings. The Bertz CT molecular complexity index is 1050. The first-order valence-electron chi connectivity index (χ1n) is 8.83. The Hall–Kier alpha value is -2.93. The lowest BCUT2D eigenvalue weighted by Gasteiger charge is -2.33. The highest BCUT2D eigenvalue weighted by Gasteiger charge is 2.42. The summed E-state index contributed by atoms with van der Waals surface area (Å²) in [4.78, 5) is 25.3. The van der Waals surface area contributed by atoms with Crippen LogP contribution < -0.4 is 5.32 Å². The summed E-state index contributed by atoms with van der Waals surface area (Å²) in [5.74, 6) is -0.320. The highest BCUT2D eigenvalue weighted by molar-refractivity contribution is 9.10. The van der Waals surface area contributed by atoms with Crippen molar-refractivity contribution in [2.75, 3.05) is 5.32 Å². The monoisotopic (exact) mass is 439 g/mol. The first-order valence-corrected chi connectivity index (χ1v) is 9.63. The molecule has 6 nitrogen and oxygen atoms in total. The average molecular weight is 440 g/mol. The van der Waals surface area contributed by atoms with Crippen molar-refractivity contribution < 1.29 is 14.3 Å². The molecule has 4 rings (SSSR count). The molecule has 0 saturated heterocycles. The van der Waals surface area contributed by atoms with E-state index < -0.39 is 11.6 Å². The lowest BCUT2D eigenvalue weighted by Crippen LogP contribution is -2.49. The summed E-state index contributed by atoms with van der Waals surface area (Å²) in [6.45, 7) is 2.14. The van der Waals surface area contributed by atoms with Crippen LogP contribution in [-0.2, 0) is 22.5 Å². The fourth-order valence-electron chi connectivity index (χ4n) is 3.24. The van der Waals surface area contributed by atoms with Crippen LogP contribution in [0, 0.1) is 0 Å². The lowest BCUT2D eigenvalue weighted by atomic mass is 9.89. The van der Waals surface area contributed by atoms with E-state index >= 15 is 0 Å². The molecule has 7 heteroatoms. The van der Waals surface area contributed by atoms with Gasteiger partial charge in [-0.25, -0.2) is 9.48 Å². The number of cyclic esters (lactones) is 1. The first kappa shape index (κ1) is 18.4. The number of benzene rings is 2. The predicted molar refractivity (Wildman–Crippen MR) is 108 cm³/mol. The van der Waals surface area contributed by atoms with Crippen LogP contribution in [0.4, 0.5) is 5.82 Å². The van der Waals surface area contributed by atoms with Crippen LogP contribution >= 0.6 is 15.9 Å². The molecule has 28 heavy (non-hydrogen) atoms. The van der Waals surface area contributed by atoms with Gasteiger partial charge in [0.05, 0.1) is 18.3 Å².